The van der Waals surface area contributed by atoms with Crippen LogP contribution in [0.25, 0.3) is 0 Å². The Labute approximate surface area is 153 Å². The maximum Gasteiger partial charge on any atom is 0.243 e. The van der Waals surface area contributed by atoms with E-state index < -0.39 is 0 Å². The summed E-state index contributed by atoms with van der Waals surface area (Å²) in [4.78, 5) is 26.0. The van der Waals surface area contributed by atoms with Crippen molar-refractivity contribution in [1.82, 2.24) is 4.90 Å². The largest absolute Gasteiger partial charge is 0.497 e. The fraction of sp³-hybridized carbons (Fsp3) is 0.300. The Morgan fingerprint density at radius 3 is 2.54 bits per heavy atom. The average molecular weight is 356 g/mol. The van der Waals surface area contributed by atoms with E-state index in [2.05, 4.69) is 5.32 Å². The quantitative estimate of drug-likeness (QED) is 0.828. The van der Waals surface area contributed by atoms with Crippen LogP contribution in [-0.2, 0) is 16.0 Å². The number of likely N-dealkylation sites (N-methyl/N-ethyl adjacent to an activating group) is 1. The molecule has 2 aromatic rings. The molecule has 2 amide bonds. The summed E-state index contributed by atoms with van der Waals surface area (Å²) in [6, 6.07) is 12.7. The first kappa shape index (κ1) is 19.3. The van der Waals surface area contributed by atoms with Crippen LogP contribution in [0.5, 0.6) is 11.5 Å². The molecule has 0 saturated heterocycles. The predicted octanol–water partition coefficient (Wildman–Crippen LogP) is 2.65. The van der Waals surface area contributed by atoms with Crippen LogP contribution in [-0.4, -0.2) is 44.5 Å². The van der Waals surface area contributed by atoms with Gasteiger partial charge in [0.1, 0.15) is 11.5 Å². The number of hydrogen-bond acceptors (Lipinski definition) is 4. The number of aryl methyl sites for hydroxylation is 1. The standard InChI is InChI=1S/C20H24N2O4/c1-14-8-9-18(26-4)15(10-14)11-20(24)22(2)13-19(23)21-16-6-5-7-17(12-16)25-3/h5-10,12H,11,13H2,1-4H3,(H,21,23). The Balaban J connectivity index is 1.96. The van der Waals surface area contributed by atoms with Crippen molar-refractivity contribution in [3.63, 3.8) is 0 Å². The van der Waals surface area contributed by atoms with Crippen molar-refractivity contribution in [1.29, 1.82) is 0 Å². The summed E-state index contributed by atoms with van der Waals surface area (Å²) in [5.74, 6) is 0.886. The van der Waals surface area contributed by atoms with Crippen molar-refractivity contribution in [2.45, 2.75) is 13.3 Å². The molecule has 0 aromatic heterocycles. The van der Waals surface area contributed by atoms with Gasteiger partial charge < -0.3 is 19.7 Å². The van der Waals surface area contributed by atoms with Crippen molar-refractivity contribution in [3.05, 3.63) is 53.6 Å². The first-order valence-electron chi connectivity index (χ1n) is 8.24. The maximum atomic E-state index is 12.5. The number of methoxy groups -OCH3 is 2. The summed E-state index contributed by atoms with van der Waals surface area (Å²) in [6.07, 6.45) is 0.174. The Morgan fingerprint density at radius 1 is 1.08 bits per heavy atom. The lowest BCUT2D eigenvalue weighted by Crippen LogP contribution is -2.35. The molecule has 0 saturated carbocycles. The van der Waals surface area contributed by atoms with Crippen LogP contribution >= 0.6 is 0 Å². The average Bonchev–Trinajstić information content (AvgIpc) is 2.61. The molecule has 26 heavy (non-hydrogen) atoms. The van der Waals surface area contributed by atoms with E-state index in [-0.39, 0.29) is 24.8 Å². The topological polar surface area (TPSA) is 67.9 Å². The summed E-state index contributed by atoms with van der Waals surface area (Å²) in [7, 11) is 4.74. The second-order valence-corrected chi connectivity index (χ2v) is 6.02. The van der Waals surface area contributed by atoms with Crippen LogP contribution in [0, 0.1) is 6.92 Å². The van der Waals surface area contributed by atoms with Crippen LogP contribution in [0.15, 0.2) is 42.5 Å². The monoisotopic (exact) mass is 356 g/mol. The third-order valence-electron chi connectivity index (χ3n) is 3.94. The molecule has 6 nitrogen and oxygen atoms in total. The summed E-state index contributed by atoms with van der Waals surface area (Å²) in [5, 5.41) is 2.76. The number of carbonyl (C=O) groups is 2. The van der Waals surface area contributed by atoms with Crippen molar-refractivity contribution in [2.75, 3.05) is 33.1 Å². The van der Waals surface area contributed by atoms with E-state index in [9.17, 15) is 9.59 Å². The highest BCUT2D eigenvalue weighted by molar-refractivity contribution is 5.94. The number of nitrogens with zero attached hydrogens (tertiary/aromatic N) is 1. The minimum absolute atomic E-state index is 0.0375. The third kappa shape index (κ3) is 5.24. The van der Waals surface area contributed by atoms with Gasteiger partial charge in [-0.1, -0.05) is 23.8 Å². The third-order valence-corrected chi connectivity index (χ3v) is 3.94. The molecule has 0 radical (unpaired) electrons. The normalized spacial score (nSPS) is 10.2. The number of benzene rings is 2. The smallest absolute Gasteiger partial charge is 0.243 e. The highest BCUT2D eigenvalue weighted by atomic mass is 16.5. The molecule has 1 N–H and O–H groups in total. The molecule has 0 unspecified atom stereocenters. The molecular weight excluding hydrogens is 332 g/mol. The van der Waals surface area contributed by atoms with Gasteiger partial charge in [0, 0.05) is 24.4 Å². The predicted molar refractivity (Wildman–Crippen MR) is 101 cm³/mol. The van der Waals surface area contributed by atoms with Crippen molar-refractivity contribution in [2.24, 2.45) is 0 Å². The zero-order valence-electron chi connectivity index (χ0n) is 15.5. The molecule has 2 rings (SSSR count). The lowest BCUT2D eigenvalue weighted by Gasteiger charge is -2.18. The summed E-state index contributed by atoms with van der Waals surface area (Å²) in [5.41, 5.74) is 2.47. The van der Waals surface area contributed by atoms with E-state index in [1.165, 1.54) is 4.90 Å². The van der Waals surface area contributed by atoms with Gasteiger partial charge in [-0.2, -0.15) is 0 Å². The fourth-order valence-electron chi connectivity index (χ4n) is 2.55. The van der Waals surface area contributed by atoms with Gasteiger partial charge in [-0.05, 0) is 25.1 Å². The molecule has 0 aliphatic rings. The Morgan fingerprint density at radius 2 is 1.85 bits per heavy atom. The molecule has 2 aromatic carbocycles. The first-order valence-corrected chi connectivity index (χ1v) is 8.24. The molecule has 0 heterocycles. The molecule has 6 heteroatoms. The van der Waals surface area contributed by atoms with E-state index in [0.29, 0.717) is 17.2 Å². The molecular formula is C20H24N2O4. The van der Waals surface area contributed by atoms with Crippen LogP contribution in [0.1, 0.15) is 11.1 Å². The van der Waals surface area contributed by atoms with Gasteiger partial charge in [0.25, 0.3) is 0 Å². The highest BCUT2D eigenvalue weighted by Crippen LogP contribution is 2.21. The van der Waals surface area contributed by atoms with E-state index in [1.54, 1.807) is 45.5 Å². The summed E-state index contributed by atoms with van der Waals surface area (Å²) in [6.45, 7) is 1.92. The van der Waals surface area contributed by atoms with Crippen LogP contribution in [0.4, 0.5) is 5.69 Å². The van der Waals surface area contributed by atoms with Crippen molar-refractivity contribution in [3.8, 4) is 11.5 Å². The zero-order valence-corrected chi connectivity index (χ0v) is 15.5. The van der Waals surface area contributed by atoms with Gasteiger partial charge in [0.15, 0.2) is 0 Å². The van der Waals surface area contributed by atoms with E-state index in [1.807, 2.05) is 25.1 Å². The van der Waals surface area contributed by atoms with E-state index >= 15 is 0 Å². The molecule has 0 fully saturated rings. The second-order valence-electron chi connectivity index (χ2n) is 6.02. The number of carbonyl (C=O) groups excluding carboxylic acids is 2. The summed E-state index contributed by atoms with van der Waals surface area (Å²) < 4.78 is 10.4. The minimum Gasteiger partial charge on any atom is -0.497 e. The molecule has 0 spiro atoms. The van der Waals surface area contributed by atoms with Crippen LogP contribution < -0.4 is 14.8 Å². The van der Waals surface area contributed by atoms with Crippen LogP contribution in [0.3, 0.4) is 0 Å². The Bertz CT molecular complexity index is 789. The van der Waals surface area contributed by atoms with Crippen molar-refractivity contribution >= 4 is 17.5 Å². The molecule has 0 aliphatic heterocycles. The second kappa shape index (κ2) is 8.89. The van der Waals surface area contributed by atoms with Gasteiger partial charge in [0.05, 0.1) is 27.2 Å². The van der Waals surface area contributed by atoms with Gasteiger partial charge in [-0.3, -0.25) is 9.59 Å². The van der Waals surface area contributed by atoms with Crippen LogP contribution in [0.2, 0.25) is 0 Å². The maximum absolute atomic E-state index is 12.5. The number of amides is 2. The van der Waals surface area contributed by atoms with Gasteiger partial charge >= 0.3 is 0 Å². The number of hydrogen-bond donors (Lipinski definition) is 1. The number of nitrogens with one attached hydrogen (secondary N) is 1. The molecule has 138 valence electrons. The zero-order chi connectivity index (χ0) is 19.1. The molecule has 0 aliphatic carbocycles. The SMILES string of the molecule is COc1cccc(NC(=O)CN(C)C(=O)Cc2cc(C)ccc2OC)c1. The molecule has 0 bridgehead atoms. The Kier molecular flexibility index (Phi) is 6.60. The van der Waals surface area contributed by atoms with E-state index in [0.717, 1.165) is 11.1 Å². The first-order chi connectivity index (χ1) is 12.4. The number of anilines is 1. The van der Waals surface area contributed by atoms with Gasteiger partial charge in [-0.15, -0.1) is 0 Å². The van der Waals surface area contributed by atoms with Gasteiger partial charge in [0.2, 0.25) is 11.8 Å². The van der Waals surface area contributed by atoms with E-state index in [4.69, 9.17) is 9.47 Å². The number of ether oxygens (including phenoxy) is 2. The fourth-order valence-corrected chi connectivity index (χ4v) is 2.55. The highest BCUT2D eigenvalue weighted by Gasteiger charge is 2.16. The lowest BCUT2D eigenvalue weighted by atomic mass is 10.1. The molecule has 0 atom stereocenters. The Hall–Kier alpha value is -3.02. The lowest BCUT2D eigenvalue weighted by molar-refractivity contribution is -0.132. The van der Waals surface area contributed by atoms with Gasteiger partial charge in [-0.25, -0.2) is 0 Å². The number of rotatable bonds is 7. The minimum atomic E-state index is -0.273. The van der Waals surface area contributed by atoms with Crippen molar-refractivity contribution < 1.29 is 19.1 Å². The summed E-state index contributed by atoms with van der Waals surface area (Å²) >= 11 is 0.